The Bertz CT molecular complexity index is 713. The fourth-order valence-electron chi connectivity index (χ4n) is 2.12. The molecule has 2 rings (SSSR count). The number of nitrogens with two attached hydrogens (primary N) is 1. The minimum absolute atomic E-state index is 0.552. The van der Waals surface area contributed by atoms with E-state index >= 15 is 0 Å². The van der Waals surface area contributed by atoms with E-state index in [2.05, 4.69) is 4.98 Å². The average Bonchev–Trinajstić information content (AvgIpc) is 2.91. The van der Waals surface area contributed by atoms with E-state index in [0.717, 1.165) is 24.6 Å². The molecule has 0 radical (unpaired) electrons. The zero-order chi connectivity index (χ0) is 16.7. The molecule has 0 spiro atoms. The normalized spacial score (nSPS) is 21.1. The van der Waals surface area contributed by atoms with Crippen molar-refractivity contribution in [2.75, 3.05) is 5.73 Å². The van der Waals surface area contributed by atoms with Gasteiger partial charge in [0.1, 0.15) is 6.10 Å². The van der Waals surface area contributed by atoms with Crippen LogP contribution >= 0.6 is 0 Å². The number of carbonyl (C=O) groups excluding carboxylic acids is 2. The highest BCUT2D eigenvalue weighted by atomic mass is 19.1. The first-order valence-electron chi connectivity index (χ1n) is 6.30. The molecule has 2 atom stereocenters. The first kappa shape index (κ1) is 16.0. The summed E-state index contributed by atoms with van der Waals surface area (Å²) in [6.07, 6.45) is 0.946. The molecule has 0 saturated heterocycles. The van der Waals surface area contributed by atoms with Gasteiger partial charge in [-0.25, -0.2) is 9.18 Å². The van der Waals surface area contributed by atoms with E-state index in [4.69, 9.17) is 10.5 Å². The highest BCUT2D eigenvalue weighted by Gasteiger charge is 2.48. The average molecular weight is 311 g/mol. The third kappa shape index (κ3) is 2.44. The molecule has 0 saturated carbocycles. The second-order valence-corrected chi connectivity index (χ2v) is 4.87. The number of anilines is 1. The van der Waals surface area contributed by atoms with Crippen LogP contribution < -0.4 is 11.4 Å². The number of nitrogens with zero attached hydrogens (tertiary/aromatic N) is 2. The van der Waals surface area contributed by atoms with E-state index in [9.17, 15) is 23.9 Å². The molecule has 0 unspecified atom stereocenters. The molecule has 0 fully saturated rings. The molecule has 0 bridgehead atoms. The summed E-state index contributed by atoms with van der Waals surface area (Å²) in [6.45, 7) is 2.09. The lowest BCUT2D eigenvalue weighted by molar-refractivity contribution is -0.164. The Labute approximate surface area is 124 Å². The number of Topliss-reactive ketones (excluding diaryl/α,β-unsaturated/α-hetero) is 2. The van der Waals surface area contributed by atoms with Crippen molar-refractivity contribution in [2.45, 2.75) is 31.8 Å². The Balaban J connectivity index is 2.34. The number of aromatic nitrogens is 2. The molecule has 1 aromatic heterocycles. The highest BCUT2D eigenvalue weighted by molar-refractivity contribution is 6.09. The molecule has 118 valence electrons. The van der Waals surface area contributed by atoms with Crippen LogP contribution in [0.5, 0.6) is 0 Å². The summed E-state index contributed by atoms with van der Waals surface area (Å²) in [5.74, 6) is -3.08. The summed E-state index contributed by atoms with van der Waals surface area (Å²) in [6, 6.07) is 0. The van der Waals surface area contributed by atoms with Crippen LogP contribution in [0, 0.1) is 5.82 Å². The molecule has 0 aliphatic carbocycles. The number of carbonyl (C=O) groups is 2. The second-order valence-electron chi connectivity index (χ2n) is 4.87. The Kier molecular flexibility index (Phi) is 3.94. The SMILES string of the molecule is CC(=O)C(O)(C(C)=O)[C@@H]1C=C[C@H](n2cc(F)c(N)nc2=O)O1. The molecule has 22 heavy (non-hydrogen) atoms. The lowest BCUT2D eigenvalue weighted by Crippen LogP contribution is -2.53. The molecule has 3 N–H and O–H groups in total. The third-order valence-corrected chi connectivity index (χ3v) is 3.43. The first-order chi connectivity index (χ1) is 10.2. The van der Waals surface area contributed by atoms with E-state index in [1.807, 2.05) is 0 Å². The van der Waals surface area contributed by atoms with Crippen molar-refractivity contribution in [1.29, 1.82) is 0 Å². The Morgan fingerprint density at radius 1 is 1.41 bits per heavy atom. The van der Waals surface area contributed by atoms with E-state index < -0.39 is 46.8 Å². The zero-order valence-corrected chi connectivity index (χ0v) is 11.8. The minimum atomic E-state index is -2.37. The fraction of sp³-hybridized carbons (Fsp3) is 0.385. The predicted molar refractivity (Wildman–Crippen MR) is 72.2 cm³/mol. The zero-order valence-electron chi connectivity index (χ0n) is 11.8. The quantitative estimate of drug-likeness (QED) is 0.558. The van der Waals surface area contributed by atoms with Crippen LogP contribution in [-0.2, 0) is 14.3 Å². The number of hydrogen-bond donors (Lipinski definition) is 2. The van der Waals surface area contributed by atoms with Crippen molar-refractivity contribution in [3.8, 4) is 0 Å². The molecule has 2 heterocycles. The lowest BCUT2D eigenvalue weighted by Gasteiger charge is -2.28. The third-order valence-electron chi connectivity index (χ3n) is 3.43. The smallest absolute Gasteiger partial charge is 0.352 e. The molecule has 9 heteroatoms. The van der Waals surface area contributed by atoms with Crippen LogP contribution in [-0.4, -0.2) is 37.9 Å². The molecule has 8 nitrogen and oxygen atoms in total. The monoisotopic (exact) mass is 311 g/mol. The van der Waals surface area contributed by atoms with Gasteiger partial charge in [0.15, 0.2) is 29.4 Å². The minimum Gasteiger partial charge on any atom is -0.381 e. The van der Waals surface area contributed by atoms with Gasteiger partial charge in [0.2, 0.25) is 5.60 Å². The van der Waals surface area contributed by atoms with Gasteiger partial charge in [0.25, 0.3) is 0 Å². The summed E-state index contributed by atoms with van der Waals surface area (Å²) in [4.78, 5) is 38.1. The van der Waals surface area contributed by atoms with Crippen molar-refractivity contribution < 1.29 is 23.8 Å². The van der Waals surface area contributed by atoms with Gasteiger partial charge >= 0.3 is 5.69 Å². The van der Waals surface area contributed by atoms with Crippen molar-refractivity contribution >= 4 is 17.4 Å². The number of halogens is 1. The van der Waals surface area contributed by atoms with Crippen LogP contribution in [0.2, 0.25) is 0 Å². The summed E-state index contributed by atoms with van der Waals surface area (Å²) < 4.78 is 19.5. The van der Waals surface area contributed by atoms with E-state index in [1.165, 1.54) is 12.2 Å². The van der Waals surface area contributed by atoms with Crippen molar-refractivity contribution in [1.82, 2.24) is 9.55 Å². The second kappa shape index (κ2) is 5.43. The van der Waals surface area contributed by atoms with Gasteiger partial charge in [-0.15, -0.1) is 0 Å². The number of ether oxygens (including phenoxy) is 1. The maximum absolute atomic E-state index is 13.4. The van der Waals surface area contributed by atoms with E-state index in [0.29, 0.717) is 0 Å². The van der Waals surface area contributed by atoms with E-state index in [1.54, 1.807) is 0 Å². The largest absolute Gasteiger partial charge is 0.381 e. The summed E-state index contributed by atoms with van der Waals surface area (Å²) in [7, 11) is 0. The predicted octanol–water partition coefficient (Wildman–Crippen LogP) is -0.673. The van der Waals surface area contributed by atoms with Crippen molar-refractivity contribution in [3.05, 3.63) is 34.7 Å². The molecular formula is C13H14FN3O5. The Morgan fingerprint density at radius 2 is 2.00 bits per heavy atom. The Hall–Kier alpha value is -2.39. The van der Waals surface area contributed by atoms with E-state index in [-0.39, 0.29) is 0 Å². The van der Waals surface area contributed by atoms with Crippen molar-refractivity contribution in [3.63, 3.8) is 0 Å². The maximum Gasteiger partial charge on any atom is 0.352 e. The number of hydrogen-bond acceptors (Lipinski definition) is 7. The number of ketones is 2. The van der Waals surface area contributed by atoms with Gasteiger partial charge < -0.3 is 15.6 Å². The van der Waals surface area contributed by atoms with Crippen LogP contribution in [0.3, 0.4) is 0 Å². The first-order valence-corrected chi connectivity index (χ1v) is 6.30. The summed E-state index contributed by atoms with van der Waals surface area (Å²) >= 11 is 0. The van der Waals surface area contributed by atoms with Crippen molar-refractivity contribution in [2.24, 2.45) is 0 Å². The number of rotatable bonds is 4. The topological polar surface area (TPSA) is 125 Å². The van der Waals surface area contributed by atoms with Crippen LogP contribution in [0.1, 0.15) is 20.1 Å². The van der Waals surface area contributed by atoms with Gasteiger partial charge in [-0.3, -0.25) is 14.2 Å². The molecule has 1 aliphatic rings. The highest BCUT2D eigenvalue weighted by Crippen LogP contribution is 2.29. The van der Waals surface area contributed by atoms with Crippen LogP contribution in [0.4, 0.5) is 10.2 Å². The molecular weight excluding hydrogens is 297 g/mol. The molecule has 1 aliphatic heterocycles. The molecule has 0 aromatic carbocycles. The van der Waals surface area contributed by atoms with Gasteiger partial charge in [-0.1, -0.05) is 6.08 Å². The standard InChI is InChI=1S/C13H14FN3O5/c1-6(18)13(21,7(2)19)9-3-4-10(22-9)17-5-8(14)11(15)16-12(17)20/h3-5,9-10,21H,1-2H3,(H2,15,16,20)/t9-,10+/m0/s1. The number of nitrogen functional groups attached to an aromatic ring is 1. The summed E-state index contributed by atoms with van der Waals surface area (Å²) in [5.41, 5.74) is 1.94. The maximum atomic E-state index is 13.4. The van der Waals surface area contributed by atoms with Crippen LogP contribution in [0.15, 0.2) is 23.1 Å². The fourth-order valence-corrected chi connectivity index (χ4v) is 2.12. The summed E-state index contributed by atoms with van der Waals surface area (Å²) in [5, 5.41) is 10.2. The van der Waals surface area contributed by atoms with Crippen LogP contribution in [0.25, 0.3) is 0 Å². The van der Waals surface area contributed by atoms with Gasteiger partial charge in [0, 0.05) is 0 Å². The van der Waals surface area contributed by atoms with Gasteiger partial charge in [-0.2, -0.15) is 4.98 Å². The molecule has 1 aromatic rings. The number of aliphatic hydroxyl groups is 1. The van der Waals surface area contributed by atoms with Gasteiger partial charge in [-0.05, 0) is 19.9 Å². The Morgan fingerprint density at radius 3 is 2.55 bits per heavy atom. The lowest BCUT2D eigenvalue weighted by atomic mass is 9.88. The van der Waals surface area contributed by atoms with Gasteiger partial charge in [0.05, 0.1) is 6.20 Å². The molecule has 0 amide bonds.